The molecule has 0 unspecified atom stereocenters. The Morgan fingerprint density at radius 2 is 2.00 bits per heavy atom. The number of anilines is 1. The summed E-state index contributed by atoms with van der Waals surface area (Å²) in [6.45, 7) is 0. The highest BCUT2D eigenvalue weighted by Gasteiger charge is 2.06. The molecular formula is C11H9ClN2O. The van der Waals surface area contributed by atoms with Gasteiger partial charge in [0.05, 0.1) is 5.02 Å². The Hall–Kier alpha value is -1.74. The molecule has 0 spiro atoms. The number of hydrogen-bond acceptors (Lipinski definition) is 2. The number of benzene rings is 1. The lowest BCUT2D eigenvalue weighted by molar-refractivity contribution is 1.24. The summed E-state index contributed by atoms with van der Waals surface area (Å²) < 4.78 is 0. The van der Waals surface area contributed by atoms with Gasteiger partial charge in [0.2, 0.25) is 0 Å². The van der Waals surface area contributed by atoms with E-state index >= 15 is 0 Å². The molecular weight excluding hydrogens is 212 g/mol. The Labute approximate surface area is 91.5 Å². The summed E-state index contributed by atoms with van der Waals surface area (Å²) in [4.78, 5) is 14.1. The van der Waals surface area contributed by atoms with Gasteiger partial charge >= 0.3 is 0 Å². The average Bonchev–Trinajstić information content (AvgIpc) is 2.20. The van der Waals surface area contributed by atoms with Crippen molar-refractivity contribution in [2.24, 2.45) is 0 Å². The summed E-state index contributed by atoms with van der Waals surface area (Å²) in [5.74, 6) is 0. The minimum Gasteiger partial charge on any atom is -0.399 e. The van der Waals surface area contributed by atoms with Crippen molar-refractivity contribution in [2.45, 2.75) is 0 Å². The van der Waals surface area contributed by atoms with Crippen LogP contribution in [-0.4, -0.2) is 4.98 Å². The largest absolute Gasteiger partial charge is 0.399 e. The van der Waals surface area contributed by atoms with Crippen LogP contribution >= 0.6 is 11.6 Å². The molecule has 0 aliphatic heterocycles. The predicted octanol–water partition coefficient (Wildman–Crippen LogP) is 2.28. The molecule has 15 heavy (non-hydrogen) atoms. The SMILES string of the molecule is Nc1ccc(-c2ccc[nH]c2=O)c(Cl)c1. The van der Waals surface area contributed by atoms with Crippen molar-refractivity contribution in [3.05, 3.63) is 51.9 Å². The van der Waals surface area contributed by atoms with E-state index in [0.717, 1.165) is 0 Å². The van der Waals surface area contributed by atoms with Crippen LogP contribution in [0.4, 0.5) is 5.69 Å². The lowest BCUT2D eigenvalue weighted by Gasteiger charge is -2.03. The van der Waals surface area contributed by atoms with Crippen LogP contribution in [0.15, 0.2) is 41.3 Å². The number of nitrogens with two attached hydrogens (primary N) is 1. The molecule has 0 bridgehead atoms. The van der Waals surface area contributed by atoms with E-state index in [1.807, 2.05) is 0 Å². The number of H-pyrrole nitrogens is 1. The topological polar surface area (TPSA) is 58.9 Å². The highest BCUT2D eigenvalue weighted by molar-refractivity contribution is 6.33. The molecule has 3 N–H and O–H groups in total. The number of hydrogen-bond donors (Lipinski definition) is 2. The second-order valence-corrected chi connectivity index (χ2v) is 3.56. The molecule has 0 radical (unpaired) electrons. The Balaban J connectivity index is 2.65. The highest BCUT2D eigenvalue weighted by atomic mass is 35.5. The number of pyridine rings is 1. The van der Waals surface area contributed by atoms with Gasteiger partial charge in [-0.15, -0.1) is 0 Å². The van der Waals surface area contributed by atoms with Crippen LogP contribution in [0.2, 0.25) is 5.02 Å². The average molecular weight is 221 g/mol. The van der Waals surface area contributed by atoms with Gasteiger partial charge in [-0.25, -0.2) is 0 Å². The van der Waals surface area contributed by atoms with E-state index in [0.29, 0.717) is 21.8 Å². The molecule has 3 nitrogen and oxygen atoms in total. The van der Waals surface area contributed by atoms with E-state index < -0.39 is 0 Å². The summed E-state index contributed by atoms with van der Waals surface area (Å²) in [6.07, 6.45) is 1.58. The molecule has 76 valence electrons. The normalized spacial score (nSPS) is 10.2. The van der Waals surface area contributed by atoms with Crippen molar-refractivity contribution in [1.29, 1.82) is 0 Å². The fraction of sp³-hybridized carbons (Fsp3) is 0. The Bertz CT molecular complexity index is 548. The van der Waals surface area contributed by atoms with Gasteiger partial charge in [-0.2, -0.15) is 0 Å². The van der Waals surface area contributed by atoms with Gasteiger partial charge in [-0.1, -0.05) is 17.7 Å². The van der Waals surface area contributed by atoms with Crippen LogP contribution in [-0.2, 0) is 0 Å². The zero-order chi connectivity index (χ0) is 10.8. The zero-order valence-electron chi connectivity index (χ0n) is 7.83. The summed E-state index contributed by atoms with van der Waals surface area (Å²) in [5.41, 5.74) is 7.22. The van der Waals surface area contributed by atoms with Crippen LogP contribution in [0.1, 0.15) is 0 Å². The maximum atomic E-state index is 11.5. The van der Waals surface area contributed by atoms with E-state index in [2.05, 4.69) is 4.98 Å². The first-order chi connectivity index (χ1) is 7.18. The number of halogens is 1. The first kappa shape index (κ1) is 9.80. The third-order valence-electron chi connectivity index (χ3n) is 2.10. The Kier molecular flexibility index (Phi) is 2.47. The second kappa shape index (κ2) is 3.79. The second-order valence-electron chi connectivity index (χ2n) is 3.15. The van der Waals surface area contributed by atoms with Gasteiger partial charge in [-0.3, -0.25) is 4.79 Å². The zero-order valence-corrected chi connectivity index (χ0v) is 8.58. The van der Waals surface area contributed by atoms with Crippen molar-refractivity contribution < 1.29 is 0 Å². The maximum Gasteiger partial charge on any atom is 0.255 e. The molecule has 2 rings (SSSR count). The van der Waals surface area contributed by atoms with Gasteiger partial charge in [0.15, 0.2) is 0 Å². The van der Waals surface area contributed by atoms with Gasteiger partial charge in [0.1, 0.15) is 0 Å². The third-order valence-corrected chi connectivity index (χ3v) is 2.41. The van der Waals surface area contributed by atoms with Gasteiger partial charge in [0, 0.05) is 23.0 Å². The summed E-state index contributed by atoms with van der Waals surface area (Å²) in [5, 5.41) is 0.478. The molecule has 0 aliphatic rings. The van der Waals surface area contributed by atoms with Gasteiger partial charge in [0.25, 0.3) is 5.56 Å². The fourth-order valence-electron chi connectivity index (χ4n) is 1.38. The standard InChI is InChI=1S/C11H9ClN2O/c12-10-6-7(13)3-4-8(10)9-2-1-5-14-11(9)15/h1-6H,13H2,(H,14,15). The minimum absolute atomic E-state index is 0.163. The Morgan fingerprint density at radius 1 is 1.20 bits per heavy atom. The molecule has 0 fully saturated rings. The van der Waals surface area contributed by atoms with Crippen LogP contribution < -0.4 is 11.3 Å². The molecule has 4 heteroatoms. The molecule has 0 aliphatic carbocycles. The highest BCUT2D eigenvalue weighted by Crippen LogP contribution is 2.26. The van der Waals surface area contributed by atoms with Crippen molar-refractivity contribution in [3.63, 3.8) is 0 Å². The number of nitrogens with one attached hydrogen (secondary N) is 1. The summed E-state index contributed by atoms with van der Waals surface area (Å²) in [7, 11) is 0. The number of aromatic nitrogens is 1. The van der Waals surface area contributed by atoms with Crippen molar-refractivity contribution in [3.8, 4) is 11.1 Å². The van der Waals surface area contributed by atoms with E-state index in [9.17, 15) is 4.79 Å². The fourth-order valence-corrected chi connectivity index (χ4v) is 1.67. The quantitative estimate of drug-likeness (QED) is 0.725. The van der Waals surface area contributed by atoms with Crippen LogP contribution in [0.3, 0.4) is 0 Å². The van der Waals surface area contributed by atoms with E-state index in [1.54, 1.807) is 36.5 Å². The first-order valence-electron chi connectivity index (χ1n) is 4.41. The van der Waals surface area contributed by atoms with Crippen LogP contribution in [0.25, 0.3) is 11.1 Å². The third kappa shape index (κ3) is 1.87. The smallest absolute Gasteiger partial charge is 0.255 e. The molecule has 1 heterocycles. The Morgan fingerprint density at radius 3 is 2.67 bits per heavy atom. The molecule has 2 aromatic rings. The number of aromatic amines is 1. The predicted molar refractivity (Wildman–Crippen MR) is 61.9 cm³/mol. The molecule has 1 aromatic heterocycles. The van der Waals surface area contributed by atoms with Crippen LogP contribution in [0, 0.1) is 0 Å². The molecule has 0 saturated heterocycles. The lowest BCUT2D eigenvalue weighted by atomic mass is 10.1. The van der Waals surface area contributed by atoms with Crippen molar-refractivity contribution in [1.82, 2.24) is 4.98 Å². The van der Waals surface area contributed by atoms with Gasteiger partial charge < -0.3 is 10.7 Å². The molecule has 0 atom stereocenters. The monoisotopic (exact) mass is 220 g/mol. The summed E-state index contributed by atoms with van der Waals surface area (Å²) in [6, 6.07) is 8.55. The first-order valence-corrected chi connectivity index (χ1v) is 4.79. The number of rotatable bonds is 1. The van der Waals surface area contributed by atoms with Crippen molar-refractivity contribution in [2.75, 3.05) is 5.73 Å². The van der Waals surface area contributed by atoms with Gasteiger partial charge in [-0.05, 0) is 24.3 Å². The lowest BCUT2D eigenvalue weighted by Crippen LogP contribution is -2.07. The van der Waals surface area contributed by atoms with E-state index in [-0.39, 0.29) is 5.56 Å². The molecule has 1 aromatic carbocycles. The molecule has 0 saturated carbocycles. The summed E-state index contributed by atoms with van der Waals surface area (Å²) >= 11 is 6.00. The maximum absolute atomic E-state index is 11.5. The van der Waals surface area contributed by atoms with Crippen LogP contribution in [0.5, 0.6) is 0 Å². The molecule has 0 amide bonds. The van der Waals surface area contributed by atoms with Crippen molar-refractivity contribution >= 4 is 17.3 Å². The van der Waals surface area contributed by atoms with E-state index in [1.165, 1.54) is 0 Å². The van der Waals surface area contributed by atoms with E-state index in [4.69, 9.17) is 17.3 Å². The number of nitrogen functional groups attached to an aromatic ring is 1. The minimum atomic E-state index is -0.163.